The van der Waals surface area contributed by atoms with Crippen LogP contribution in [0.4, 0.5) is 0 Å². The minimum absolute atomic E-state index is 1.12. The van der Waals surface area contributed by atoms with Crippen LogP contribution in [0.15, 0.2) is 60.7 Å². The van der Waals surface area contributed by atoms with Gasteiger partial charge in [0, 0.05) is 6.16 Å². The molecule has 0 spiro atoms. The largest absolute Gasteiger partial charge is 0.101 e. The zero-order valence-corrected chi connectivity index (χ0v) is 13.9. The molecule has 0 radical (unpaired) electrons. The highest BCUT2D eigenvalue weighted by Gasteiger charge is 2.42. The first-order valence-corrected chi connectivity index (χ1v) is 11.7. The van der Waals surface area contributed by atoms with Crippen molar-refractivity contribution in [1.82, 2.24) is 0 Å². The fraction of sp³-hybridized carbons (Fsp3) is 0.333. The average molecular weight is 301 g/mol. The molecule has 1 atom stereocenters. The van der Waals surface area contributed by atoms with E-state index in [9.17, 15) is 0 Å². The second-order valence-corrected chi connectivity index (χ2v) is 12.7. The van der Waals surface area contributed by atoms with Gasteiger partial charge in [0.2, 0.25) is 0 Å². The topological polar surface area (TPSA) is 0 Å². The van der Waals surface area contributed by atoms with E-state index in [0.29, 0.717) is 0 Å². The zero-order chi connectivity index (χ0) is 13.7. The lowest BCUT2D eigenvalue weighted by Crippen LogP contribution is -2.22. The summed E-state index contributed by atoms with van der Waals surface area (Å²) in [5.41, 5.74) is 0. The van der Waals surface area contributed by atoms with Gasteiger partial charge in [-0.15, -0.1) is 0 Å². The monoisotopic (exact) mass is 301 g/mol. The first-order chi connectivity index (χ1) is 9.92. The van der Waals surface area contributed by atoms with Crippen LogP contribution in [0, 0.1) is 0 Å². The standard InChI is InChI=1S/C18H23P2/c1-2-10-16-20(19-15-9-1,17-11-5-3-6-12-17)18-13-7-4-8-14-18/h3-8,11-14,19H,1-2,9-10,15-16H2/q+1. The summed E-state index contributed by atoms with van der Waals surface area (Å²) in [7, 11) is 1.12. The molecule has 1 heterocycles. The van der Waals surface area contributed by atoms with Gasteiger partial charge in [-0.2, -0.15) is 0 Å². The van der Waals surface area contributed by atoms with Crippen LogP contribution in [0.5, 0.6) is 0 Å². The van der Waals surface area contributed by atoms with Crippen molar-refractivity contribution in [2.24, 2.45) is 0 Å². The third-order valence-electron chi connectivity index (χ3n) is 4.20. The normalized spacial score (nSPS) is 20.2. The molecule has 1 aliphatic heterocycles. The lowest BCUT2D eigenvalue weighted by Gasteiger charge is -2.28. The molecule has 1 unspecified atom stereocenters. The predicted octanol–water partition coefficient (Wildman–Crippen LogP) is 4.82. The number of benzene rings is 2. The molecule has 0 N–H and O–H groups in total. The lowest BCUT2D eigenvalue weighted by atomic mass is 10.2. The van der Waals surface area contributed by atoms with E-state index in [1.54, 1.807) is 10.6 Å². The molecule has 1 saturated heterocycles. The van der Waals surface area contributed by atoms with Crippen molar-refractivity contribution in [3.05, 3.63) is 60.7 Å². The van der Waals surface area contributed by atoms with Crippen LogP contribution in [-0.2, 0) is 0 Å². The SMILES string of the molecule is c1ccc([P+]2(c3ccccc3)CCCCCCP2)cc1. The molecule has 1 aliphatic rings. The van der Waals surface area contributed by atoms with Gasteiger partial charge in [-0.05, 0) is 43.5 Å². The van der Waals surface area contributed by atoms with E-state index in [1.807, 2.05) is 0 Å². The molecule has 0 bridgehead atoms. The van der Waals surface area contributed by atoms with Crippen molar-refractivity contribution in [3.8, 4) is 0 Å². The summed E-state index contributed by atoms with van der Waals surface area (Å²) in [5, 5.41) is 3.26. The Labute approximate surface area is 125 Å². The van der Waals surface area contributed by atoms with Gasteiger partial charge >= 0.3 is 0 Å². The first kappa shape index (κ1) is 14.2. The highest BCUT2D eigenvalue weighted by Crippen LogP contribution is 2.73. The molecule has 0 nitrogen and oxygen atoms in total. The number of rotatable bonds is 2. The van der Waals surface area contributed by atoms with Crippen molar-refractivity contribution in [3.63, 3.8) is 0 Å². The van der Waals surface area contributed by atoms with Gasteiger partial charge in [-0.3, -0.25) is 0 Å². The molecule has 104 valence electrons. The predicted molar refractivity (Wildman–Crippen MR) is 95.6 cm³/mol. The van der Waals surface area contributed by atoms with Gasteiger partial charge in [0.1, 0.15) is 10.6 Å². The van der Waals surface area contributed by atoms with E-state index in [2.05, 4.69) is 60.7 Å². The van der Waals surface area contributed by atoms with Gasteiger partial charge in [0.25, 0.3) is 0 Å². The summed E-state index contributed by atoms with van der Waals surface area (Å²) >= 11 is 0. The van der Waals surface area contributed by atoms with E-state index >= 15 is 0 Å². The van der Waals surface area contributed by atoms with Crippen molar-refractivity contribution >= 4 is 25.8 Å². The molecular formula is C18H23P2+. The Morgan fingerprint density at radius 1 is 0.650 bits per heavy atom. The van der Waals surface area contributed by atoms with Crippen LogP contribution < -0.4 is 10.6 Å². The first-order valence-electron chi connectivity index (χ1n) is 7.66. The van der Waals surface area contributed by atoms with Crippen molar-refractivity contribution in [2.45, 2.75) is 25.7 Å². The number of hydrogen-bond donors (Lipinski definition) is 0. The molecule has 2 heteroatoms. The summed E-state index contributed by atoms with van der Waals surface area (Å²) in [6, 6.07) is 22.7. The zero-order valence-electron chi connectivity index (χ0n) is 12.0. The van der Waals surface area contributed by atoms with Gasteiger partial charge in [-0.1, -0.05) is 42.8 Å². The average Bonchev–Trinajstić information content (AvgIpc) is 2.49. The Kier molecular flexibility index (Phi) is 4.87. The summed E-state index contributed by atoms with van der Waals surface area (Å²) < 4.78 is 0. The second-order valence-electron chi connectivity index (χ2n) is 5.53. The Morgan fingerprint density at radius 2 is 1.20 bits per heavy atom. The fourth-order valence-electron chi connectivity index (χ4n) is 3.13. The Bertz CT molecular complexity index is 472. The van der Waals surface area contributed by atoms with Crippen LogP contribution in [0.2, 0.25) is 0 Å². The van der Waals surface area contributed by atoms with Crippen molar-refractivity contribution in [2.75, 3.05) is 12.3 Å². The quantitative estimate of drug-likeness (QED) is 0.697. The van der Waals surface area contributed by atoms with E-state index < -0.39 is 6.95 Å². The van der Waals surface area contributed by atoms with Crippen LogP contribution >= 0.6 is 15.2 Å². The summed E-state index contributed by atoms with van der Waals surface area (Å²) in [6.07, 6.45) is 8.55. The minimum Gasteiger partial charge on any atom is -0.0620 e. The second kappa shape index (κ2) is 6.84. The van der Waals surface area contributed by atoms with Crippen LogP contribution in [-0.4, -0.2) is 12.3 Å². The third kappa shape index (κ3) is 2.98. The van der Waals surface area contributed by atoms with Crippen molar-refractivity contribution < 1.29 is 0 Å². The molecule has 2 aromatic rings. The van der Waals surface area contributed by atoms with Gasteiger partial charge in [-0.25, -0.2) is 0 Å². The molecule has 20 heavy (non-hydrogen) atoms. The molecule has 0 aromatic heterocycles. The molecule has 0 amide bonds. The van der Waals surface area contributed by atoms with Crippen molar-refractivity contribution in [1.29, 1.82) is 0 Å². The molecule has 0 saturated carbocycles. The van der Waals surface area contributed by atoms with Crippen LogP contribution in [0.25, 0.3) is 0 Å². The maximum atomic E-state index is 2.38. The van der Waals surface area contributed by atoms with Gasteiger partial charge in [0.15, 0.2) is 0 Å². The molecular weight excluding hydrogens is 278 g/mol. The third-order valence-corrected chi connectivity index (χ3v) is 13.2. The summed E-state index contributed by atoms with van der Waals surface area (Å²) in [5.74, 6) is 0. The molecule has 3 rings (SSSR count). The summed E-state index contributed by atoms with van der Waals surface area (Å²) in [6.45, 7) is -1.14. The lowest BCUT2D eigenvalue weighted by molar-refractivity contribution is 0.706. The number of hydrogen-bond acceptors (Lipinski definition) is 0. The molecule has 2 aromatic carbocycles. The van der Waals surface area contributed by atoms with E-state index in [0.717, 1.165) is 8.27 Å². The maximum absolute atomic E-state index is 2.38. The van der Waals surface area contributed by atoms with E-state index in [1.165, 1.54) is 38.0 Å². The van der Waals surface area contributed by atoms with E-state index in [4.69, 9.17) is 0 Å². The van der Waals surface area contributed by atoms with Crippen LogP contribution in [0.3, 0.4) is 0 Å². The van der Waals surface area contributed by atoms with E-state index in [-0.39, 0.29) is 0 Å². The maximum Gasteiger partial charge on any atom is 0.101 e. The smallest absolute Gasteiger partial charge is 0.0620 e. The molecule has 1 fully saturated rings. The van der Waals surface area contributed by atoms with Gasteiger partial charge < -0.3 is 0 Å². The highest BCUT2D eigenvalue weighted by molar-refractivity contribution is 8.38. The van der Waals surface area contributed by atoms with Gasteiger partial charge in [0.05, 0.1) is 21.4 Å². The highest BCUT2D eigenvalue weighted by atomic mass is 32.1. The Hall–Kier alpha value is -0.700. The molecule has 0 aliphatic carbocycles. The fourth-order valence-corrected chi connectivity index (χ4v) is 11.9. The Morgan fingerprint density at radius 3 is 1.80 bits per heavy atom. The minimum atomic E-state index is -1.14. The van der Waals surface area contributed by atoms with Crippen LogP contribution in [0.1, 0.15) is 25.7 Å². The summed E-state index contributed by atoms with van der Waals surface area (Å²) in [4.78, 5) is 0. The Balaban J connectivity index is 2.06.